The first-order valence-corrected chi connectivity index (χ1v) is 13.6. The first-order valence-electron chi connectivity index (χ1n) is 12.8. The number of hydrogen-bond acceptors (Lipinski definition) is 5. The monoisotopic (exact) mass is 517 g/mol. The number of carbonyl (C=O) groups excluding carboxylic acids is 2. The van der Waals surface area contributed by atoms with E-state index in [9.17, 15) is 9.59 Å². The van der Waals surface area contributed by atoms with E-state index in [0.29, 0.717) is 29.7 Å². The molecule has 37 heavy (non-hydrogen) atoms. The van der Waals surface area contributed by atoms with Crippen LogP contribution in [-0.2, 0) is 29.0 Å². The Morgan fingerprint density at radius 1 is 1.08 bits per heavy atom. The number of esters is 1. The van der Waals surface area contributed by atoms with Gasteiger partial charge in [-0.05, 0) is 72.4 Å². The Morgan fingerprint density at radius 3 is 2.49 bits per heavy atom. The summed E-state index contributed by atoms with van der Waals surface area (Å²) in [7, 11) is 0. The fourth-order valence-corrected chi connectivity index (χ4v) is 5.89. The van der Waals surface area contributed by atoms with Gasteiger partial charge in [0.2, 0.25) is 5.91 Å². The Hall–Kier alpha value is -3.38. The highest BCUT2D eigenvalue weighted by Crippen LogP contribution is 2.44. The molecule has 4 rings (SSSR count). The van der Waals surface area contributed by atoms with Gasteiger partial charge in [0.15, 0.2) is 0 Å². The van der Waals surface area contributed by atoms with Gasteiger partial charge in [-0.2, -0.15) is 0 Å². The predicted octanol–water partition coefficient (Wildman–Crippen LogP) is 7.31. The summed E-state index contributed by atoms with van der Waals surface area (Å²) in [5, 5.41) is 3.53. The minimum Gasteiger partial charge on any atom is -0.489 e. The summed E-state index contributed by atoms with van der Waals surface area (Å²) in [6.07, 6.45) is 6.01. The van der Waals surface area contributed by atoms with Gasteiger partial charge < -0.3 is 14.8 Å². The van der Waals surface area contributed by atoms with Crippen molar-refractivity contribution in [3.05, 3.63) is 87.8 Å². The molecule has 0 fully saturated rings. The largest absolute Gasteiger partial charge is 0.489 e. The average molecular weight is 518 g/mol. The van der Waals surface area contributed by atoms with E-state index in [2.05, 4.69) is 26.1 Å². The quantitative estimate of drug-likeness (QED) is 0.251. The Bertz CT molecular complexity index is 1250. The molecule has 1 N–H and O–H groups in total. The maximum Gasteiger partial charge on any atom is 0.341 e. The third-order valence-electron chi connectivity index (χ3n) is 6.76. The molecular formula is C31H35NO4S. The third kappa shape index (κ3) is 6.89. The lowest BCUT2D eigenvalue weighted by Crippen LogP contribution is -2.26. The standard InChI is InChI=1S/C31H35NO4S/c1-5-35-30(34)28-25-17-14-23(31(2,3)4)19-26(25)37-29(28)32-27(33)18-13-21-11-15-24(16-12-21)36-20-22-9-7-6-8-10-22/h6-13,15-16,18,23H,5,14,17,19-20H2,1-4H3,(H,32,33)/b18-13+. The maximum atomic E-state index is 12.8. The zero-order valence-corrected chi connectivity index (χ0v) is 22.8. The summed E-state index contributed by atoms with van der Waals surface area (Å²) in [6, 6.07) is 17.6. The van der Waals surface area contributed by atoms with Crippen molar-refractivity contribution in [3.63, 3.8) is 0 Å². The van der Waals surface area contributed by atoms with E-state index in [0.717, 1.165) is 41.7 Å². The molecule has 1 aliphatic carbocycles. The first kappa shape index (κ1) is 26.7. The molecule has 1 aliphatic rings. The zero-order chi connectivity index (χ0) is 26.4. The van der Waals surface area contributed by atoms with Crippen LogP contribution in [0.3, 0.4) is 0 Å². The lowest BCUT2D eigenvalue weighted by molar-refractivity contribution is -0.111. The van der Waals surface area contributed by atoms with Gasteiger partial charge in [-0.3, -0.25) is 4.79 Å². The molecule has 0 aliphatic heterocycles. The van der Waals surface area contributed by atoms with E-state index in [4.69, 9.17) is 9.47 Å². The topological polar surface area (TPSA) is 64.6 Å². The van der Waals surface area contributed by atoms with Crippen molar-refractivity contribution < 1.29 is 19.1 Å². The van der Waals surface area contributed by atoms with Crippen molar-refractivity contribution in [2.24, 2.45) is 11.3 Å². The van der Waals surface area contributed by atoms with Crippen molar-refractivity contribution in [1.82, 2.24) is 0 Å². The van der Waals surface area contributed by atoms with Gasteiger partial charge in [0.25, 0.3) is 0 Å². The van der Waals surface area contributed by atoms with E-state index < -0.39 is 0 Å². The maximum absolute atomic E-state index is 12.8. The van der Waals surface area contributed by atoms with Crippen molar-refractivity contribution in [2.75, 3.05) is 11.9 Å². The fraction of sp³-hybridized carbons (Fsp3) is 0.355. The second-order valence-corrected chi connectivity index (χ2v) is 11.5. The number of thiophene rings is 1. The smallest absolute Gasteiger partial charge is 0.341 e. The Balaban J connectivity index is 1.43. The minimum absolute atomic E-state index is 0.194. The van der Waals surface area contributed by atoms with Crippen LogP contribution >= 0.6 is 11.3 Å². The minimum atomic E-state index is -0.362. The van der Waals surface area contributed by atoms with Gasteiger partial charge in [0.1, 0.15) is 17.4 Å². The number of fused-ring (bicyclic) bond motifs is 1. The number of carbonyl (C=O) groups is 2. The third-order valence-corrected chi connectivity index (χ3v) is 7.93. The van der Waals surface area contributed by atoms with Crippen molar-refractivity contribution in [1.29, 1.82) is 0 Å². The Morgan fingerprint density at radius 2 is 1.81 bits per heavy atom. The van der Waals surface area contributed by atoms with Crippen LogP contribution in [0.25, 0.3) is 6.08 Å². The summed E-state index contributed by atoms with van der Waals surface area (Å²) >= 11 is 1.51. The highest BCUT2D eigenvalue weighted by Gasteiger charge is 2.34. The Kier molecular flexibility index (Phi) is 8.49. The number of anilines is 1. The molecule has 1 atom stereocenters. The molecule has 0 saturated heterocycles. The molecule has 1 aromatic heterocycles. The van der Waals surface area contributed by atoms with Gasteiger partial charge in [-0.1, -0.05) is 63.2 Å². The van der Waals surface area contributed by atoms with Crippen molar-refractivity contribution >= 4 is 34.3 Å². The fourth-order valence-electron chi connectivity index (χ4n) is 4.57. The molecule has 0 saturated carbocycles. The summed E-state index contributed by atoms with van der Waals surface area (Å²) in [5.41, 5.74) is 3.74. The van der Waals surface area contributed by atoms with Gasteiger partial charge >= 0.3 is 5.97 Å². The van der Waals surface area contributed by atoms with Crippen molar-refractivity contribution in [2.45, 2.75) is 53.6 Å². The molecule has 194 valence electrons. The van der Waals surface area contributed by atoms with Crippen LogP contribution in [0, 0.1) is 11.3 Å². The van der Waals surface area contributed by atoms with E-state index in [1.54, 1.807) is 13.0 Å². The van der Waals surface area contributed by atoms with Gasteiger partial charge in [0, 0.05) is 11.0 Å². The molecule has 0 bridgehead atoms. The second-order valence-electron chi connectivity index (χ2n) is 10.4. The number of amides is 1. The molecule has 1 amide bonds. The number of rotatable bonds is 8. The van der Waals surface area contributed by atoms with Crippen LogP contribution in [0.1, 0.15) is 66.0 Å². The highest BCUT2D eigenvalue weighted by molar-refractivity contribution is 7.17. The van der Waals surface area contributed by atoms with E-state index in [1.165, 1.54) is 22.3 Å². The summed E-state index contributed by atoms with van der Waals surface area (Å²) < 4.78 is 11.2. The van der Waals surface area contributed by atoms with Crippen LogP contribution < -0.4 is 10.1 Å². The summed E-state index contributed by atoms with van der Waals surface area (Å²) in [4.78, 5) is 26.8. The SMILES string of the molecule is CCOC(=O)c1c(NC(=O)/C=C/c2ccc(OCc3ccccc3)cc2)sc2c1CCC(C(C)(C)C)C2. The molecule has 0 radical (unpaired) electrons. The average Bonchev–Trinajstić information content (AvgIpc) is 3.24. The van der Waals surface area contributed by atoms with E-state index >= 15 is 0 Å². The second kappa shape index (κ2) is 11.8. The van der Waals surface area contributed by atoms with Gasteiger partial charge in [0.05, 0.1) is 12.2 Å². The van der Waals surface area contributed by atoms with E-state index in [1.807, 2.05) is 54.6 Å². The van der Waals surface area contributed by atoms with Crippen LogP contribution in [-0.4, -0.2) is 18.5 Å². The number of nitrogens with one attached hydrogen (secondary N) is 1. The van der Waals surface area contributed by atoms with Crippen LogP contribution in [0.4, 0.5) is 5.00 Å². The lowest BCUT2D eigenvalue weighted by Gasteiger charge is -2.33. The van der Waals surface area contributed by atoms with Crippen molar-refractivity contribution in [3.8, 4) is 5.75 Å². The molecule has 2 aromatic carbocycles. The predicted molar refractivity (Wildman–Crippen MR) is 150 cm³/mol. The molecule has 1 heterocycles. The molecule has 5 nitrogen and oxygen atoms in total. The lowest BCUT2D eigenvalue weighted by atomic mass is 9.72. The van der Waals surface area contributed by atoms with Gasteiger partial charge in [-0.25, -0.2) is 4.79 Å². The molecule has 6 heteroatoms. The van der Waals surface area contributed by atoms with E-state index in [-0.39, 0.29) is 17.3 Å². The highest BCUT2D eigenvalue weighted by atomic mass is 32.1. The molecule has 0 spiro atoms. The molecule has 1 unspecified atom stereocenters. The Labute approximate surface area is 223 Å². The number of hydrogen-bond donors (Lipinski definition) is 1. The van der Waals surface area contributed by atoms with Crippen LogP contribution in [0.2, 0.25) is 0 Å². The molecule has 3 aromatic rings. The number of ether oxygens (including phenoxy) is 2. The molecular weight excluding hydrogens is 482 g/mol. The summed E-state index contributed by atoms with van der Waals surface area (Å²) in [5.74, 6) is 0.666. The normalized spacial score (nSPS) is 15.3. The zero-order valence-electron chi connectivity index (χ0n) is 22.0. The summed E-state index contributed by atoms with van der Waals surface area (Å²) in [6.45, 7) is 9.38. The number of benzene rings is 2. The first-order chi connectivity index (χ1) is 17.7. The van der Waals surface area contributed by atoms with Crippen LogP contribution in [0.5, 0.6) is 5.75 Å². The van der Waals surface area contributed by atoms with Gasteiger partial charge in [-0.15, -0.1) is 11.3 Å². The van der Waals surface area contributed by atoms with Crippen LogP contribution in [0.15, 0.2) is 60.7 Å².